The Labute approximate surface area is 135 Å². The second-order valence-electron chi connectivity index (χ2n) is 6.22. The lowest BCUT2D eigenvalue weighted by molar-refractivity contribution is -0.149. The third-order valence-electron chi connectivity index (χ3n) is 4.55. The summed E-state index contributed by atoms with van der Waals surface area (Å²) in [7, 11) is 2.05. The van der Waals surface area contributed by atoms with Crippen molar-refractivity contribution in [3.8, 4) is 11.5 Å². The minimum Gasteiger partial charge on any atom is -0.460 e. The highest BCUT2D eigenvalue weighted by Gasteiger charge is 2.35. The molecule has 2 aliphatic heterocycles. The molecular formula is C19H19NO3. The van der Waals surface area contributed by atoms with Crippen molar-refractivity contribution in [3.05, 3.63) is 59.7 Å². The van der Waals surface area contributed by atoms with Crippen LogP contribution in [-0.4, -0.2) is 37.1 Å². The Morgan fingerprint density at radius 3 is 2.26 bits per heavy atom. The molecule has 4 heteroatoms. The van der Waals surface area contributed by atoms with Gasteiger partial charge in [0.2, 0.25) is 0 Å². The van der Waals surface area contributed by atoms with Gasteiger partial charge in [0.1, 0.15) is 23.5 Å². The van der Waals surface area contributed by atoms with Gasteiger partial charge in [-0.1, -0.05) is 36.4 Å². The second-order valence-corrected chi connectivity index (χ2v) is 6.22. The van der Waals surface area contributed by atoms with E-state index in [4.69, 9.17) is 9.47 Å². The molecule has 1 saturated heterocycles. The fourth-order valence-electron chi connectivity index (χ4n) is 3.39. The van der Waals surface area contributed by atoms with E-state index in [1.54, 1.807) is 0 Å². The van der Waals surface area contributed by atoms with Crippen LogP contribution in [0, 0.1) is 0 Å². The summed E-state index contributed by atoms with van der Waals surface area (Å²) in [6.45, 7) is 1.77. The summed E-state index contributed by atoms with van der Waals surface area (Å²) in [5.41, 5.74) is 1.75. The maximum absolute atomic E-state index is 12.9. The molecule has 1 fully saturated rings. The smallest absolute Gasteiger partial charge is 0.318 e. The SMILES string of the molecule is CN1CC[C@H](OC(=O)C2c3ccccc3Oc3ccccc32)C1. The van der Waals surface area contributed by atoms with E-state index in [-0.39, 0.29) is 12.1 Å². The molecule has 0 aromatic heterocycles. The predicted molar refractivity (Wildman–Crippen MR) is 86.8 cm³/mol. The van der Waals surface area contributed by atoms with Crippen LogP contribution in [0.1, 0.15) is 23.5 Å². The number of likely N-dealkylation sites (tertiary alicyclic amines) is 1. The molecule has 2 aliphatic rings. The number of hydrogen-bond acceptors (Lipinski definition) is 4. The van der Waals surface area contributed by atoms with Gasteiger partial charge in [-0.25, -0.2) is 0 Å². The molecule has 0 aliphatic carbocycles. The summed E-state index contributed by atoms with van der Waals surface area (Å²) in [5, 5.41) is 0. The van der Waals surface area contributed by atoms with Crippen molar-refractivity contribution in [3.63, 3.8) is 0 Å². The van der Waals surface area contributed by atoms with Gasteiger partial charge in [0.25, 0.3) is 0 Å². The van der Waals surface area contributed by atoms with Crippen LogP contribution in [-0.2, 0) is 9.53 Å². The van der Waals surface area contributed by atoms with Crippen LogP contribution in [0.25, 0.3) is 0 Å². The highest BCUT2D eigenvalue weighted by atomic mass is 16.5. The normalized spacial score (nSPS) is 20.5. The van der Waals surface area contributed by atoms with Gasteiger partial charge in [0, 0.05) is 24.2 Å². The zero-order valence-electron chi connectivity index (χ0n) is 13.1. The van der Waals surface area contributed by atoms with Crippen LogP contribution in [0.3, 0.4) is 0 Å². The Hall–Kier alpha value is -2.33. The average molecular weight is 309 g/mol. The molecule has 118 valence electrons. The molecule has 2 aromatic carbocycles. The van der Waals surface area contributed by atoms with Gasteiger partial charge < -0.3 is 14.4 Å². The molecule has 0 spiro atoms. The lowest BCUT2D eigenvalue weighted by Crippen LogP contribution is -2.27. The van der Waals surface area contributed by atoms with E-state index in [0.717, 1.165) is 42.1 Å². The number of ether oxygens (including phenoxy) is 2. The van der Waals surface area contributed by atoms with E-state index in [0.29, 0.717) is 0 Å². The Balaban J connectivity index is 1.68. The highest BCUT2D eigenvalue weighted by molar-refractivity contribution is 5.85. The van der Waals surface area contributed by atoms with Gasteiger partial charge >= 0.3 is 5.97 Å². The van der Waals surface area contributed by atoms with Gasteiger partial charge in [-0.15, -0.1) is 0 Å². The number of rotatable bonds is 2. The molecule has 0 saturated carbocycles. The summed E-state index contributed by atoms with van der Waals surface area (Å²) in [4.78, 5) is 15.1. The van der Waals surface area contributed by atoms with Crippen molar-refractivity contribution in [2.45, 2.75) is 18.4 Å². The quantitative estimate of drug-likeness (QED) is 0.799. The molecule has 4 rings (SSSR count). The summed E-state index contributed by atoms with van der Waals surface area (Å²) in [6.07, 6.45) is 0.879. The molecule has 0 amide bonds. The number of hydrogen-bond donors (Lipinski definition) is 0. The number of para-hydroxylation sites is 2. The van der Waals surface area contributed by atoms with E-state index in [9.17, 15) is 4.79 Å². The van der Waals surface area contributed by atoms with Crippen molar-refractivity contribution >= 4 is 5.97 Å². The van der Waals surface area contributed by atoms with Crippen molar-refractivity contribution in [2.24, 2.45) is 0 Å². The first-order valence-corrected chi connectivity index (χ1v) is 7.97. The lowest BCUT2D eigenvalue weighted by Gasteiger charge is -2.27. The maximum atomic E-state index is 12.9. The molecule has 23 heavy (non-hydrogen) atoms. The minimum absolute atomic E-state index is 0.0188. The van der Waals surface area contributed by atoms with Crippen LogP contribution in [0.4, 0.5) is 0 Å². The molecule has 0 bridgehead atoms. The number of fused-ring (bicyclic) bond motifs is 2. The first-order chi connectivity index (χ1) is 11.2. The summed E-state index contributed by atoms with van der Waals surface area (Å²) >= 11 is 0. The Bertz CT molecular complexity index is 697. The van der Waals surface area contributed by atoms with Crippen molar-refractivity contribution in [1.82, 2.24) is 4.90 Å². The van der Waals surface area contributed by atoms with Gasteiger partial charge in [-0.05, 0) is 25.6 Å². The van der Waals surface area contributed by atoms with E-state index < -0.39 is 5.92 Å². The number of esters is 1. The zero-order valence-corrected chi connectivity index (χ0v) is 13.1. The molecular weight excluding hydrogens is 290 g/mol. The van der Waals surface area contributed by atoms with Crippen LogP contribution in [0.2, 0.25) is 0 Å². The Kier molecular flexibility index (Phi) is 3.54. The van der Waals surface area contributed by atoms with E-state index in [2.05, 4.69) is 4.90 Å². The number of carbonyl (C=O) groups is 1. The topological polar surface area (TPSA) is 38.8 Å². The first kappa shape index (κ1) is 14.3. The Morgan fingerprint density at radius 2 is 1.70 bits per heavy atom. The molecule has 1 atom stereocenters. The number of carbonyl (C=O) groups excluding carboxylic acids is 1. The Morgan fingerprint density at radius 1 is 1.09 bits per heavy atom. The van der Waals surface area contributed by atoms with Crippen molar-refractivity contribution in [1.29, 1.82) is 0 Å². The first-order valence-electron chi connectivity index (χ1n) is 7.97. The second kappa shape index (κ2) is 5.70. The fraction of sp³-hybridized carbons (Fsp3) is 0.316. The van der Waals surface area contributed by atoms with Gasteiger partial charge in [-0.2, -0.15) is 0 Å². The van der Waals surface area contributed by atoms with Crippen molar-refractivity contribution < 1.29 is 14.3 Å². The van der Waals surface area contributed by atoms with Gasteiger partial charge in [-0.3, -0.25) is 4.79 Å². The van der Waals surface area contributed by atoms with Crippen LogP contribution >= 0.6 is 0 Å². The van der Waals surface area contributed by atoms with Crippen LogP contribution in [0.5, 0.6) is 11.5 Å². The molecule has 4 nitrogen and oxygen atoms in total. The lowest BCUT2D eigenvalue weighted by atomic mass is 9.88. The fourth-order valence-corrected chi connectivity index (χ4v) is 3.39. The highest BCUT2D eigenvalue weighted by Crippen LogP contribution is 2.44. The zero-order chi connectivity index (χ0) is 15.8. The van der Waals surface area contributed by atoms with Gasteiger partial charge in [0.05, 0.1) is 0 Å². The third kappa shape index (κ3) is 2.59. The largest absolute Gasteiger partial charge is 0.460 e. The van der Waals surface area contributed by atoms with Crippen LogP contribution < -0.4 is 4.74 Å². The molecule has 0 radical (unpaired) electrons. The monoisotopic (exact) mass is 309 g/mol. The van der Waals surface area contributed by atoms with Crippen LogP contribution in [0.15, 0.2) is 48.5 Å². The number of benzene rings is 2. The summed E-state index contributed by atoms with van der Waals surface area (Å²) < 4.78 is 11.7. The minimum atomic E-state index is -0.415. The van der Waals surface area contributed by atoms with E-state index in [1.165, 1.54) is 0 Å². The summed E-state index contributed by atoms with van der Waals surface area (Å²) in [5.74, 6) is 0.865. The van der Waals surface area contributed by atoms with Gasteiger partial charge in [0.15, 0.2) is 0 Å². The molecule has 0 unspecified atom stereocenters. The van der Waals surface area contributed by atoms with E-state index in [1.807, 2.05) is 55.6 Å². The molecule has 2 aromatic rings. The molecule has 0 N–H and O–H groups in total. The number of likely N-dealkylation sites (N-methyl/N-ethyl adjacent to an activating group) is 1. The summed E-state index contributed by atoms with van der Waals surface area (Å²) in [6, 6.07) is 15.4. The maximum Gasteiger partial charge on any atom is 0.318 e. The van der Waals surface area contributed by atoms with E-state index >= 15 is 0 Å². The molecule has 2 heterocycles. The third-order valence-corrected chi connectivity index (χ3v) is 4.55. The average Bonchev–Trinajstić information content (AvgIpc) is 2.97. The number of nitrogens with zero attached hydrogens (tertiary/aromatic N) is 1. The predicted octanol–water partition coefficient (Wildman–Crippen LogP) is 3.17. The standard InChI is InChI=1S/C19H19NO3/c1-20-11-10-13(12-20)22-19(21)18-14-6-2-4-8-16(14)23-17-9-5-3-7-15(17)18/h2-9,13,18H,10-12H2,1H3/t13-/m0/s1. The van der Waals surface area contributed by atoms with Crippen molar-refractivity contribution in [2.75, 3.05) is 20.1 Å².